The highest BCUT2D eigenvalue weighted by Crippen LogP contribution is 2.37. The molecule has 1 saturated carbocycles. The second kappa shape index (κ2) is 8.09. The number of anilines is 2. The second-order valence-corrected chi connectivity index (χ2v) is 8.69. The fourth-order valence-electron chi connectivity index (χ4n) is 4.91. The molecule has 1 aromatic carbocycles. The molecule has 6 heteroatoms. The van der Waals surface area contributed by atoms with E-state index in [4.69, 9.17) is 4.99 Å². The summed E-state index contributed by atoms with van der Waals surface area (Å²) in [6.07, 6.45) is 8.83. The molecule has 1 aliphatic carbocycles. The van der Waals surface area contributed by atoms with Gasteiger partial charge in [-0.2, -0.15) is 0 Å². The van der Waals surface area contributed by atoms with Gasteiger partial charge in [0.2, 0.25) is 5.91 Å². The second-order valence-electron chi connectivity index (χ2n) is 8.69. The van der Waals surface area contributed by atoms with E-state index in [2.05, 4.69) is 21.7 Å². The van der Waals surface area contributed by atoms with Crippen LogP contribution >= 0.6 is 0 Å². The lowest BCUT2D eigenvalue weighted by atomic mass is 9.84. The number of nitrogens with one attached hydrogen (secondary N) is 2. The predicted octanol–water partition coefficient (Wildman–Crippen LogP) is 3.86. The summed E-state index contributed by atoms with van der Waals surface area (Å²) in [7, 11) is 0. The van der Waals surface area contributed by atoms with E-state index in [1.165, 1.54) is 12.8 Å². The van der Waals surface area contributed by atoms with Gasteiger partial charge in [0.05, 0.1) is 23.7 Å². The first kappa shape index (κ1) is 19.1. The molecule has 0 unspecified atom stereocenters. The topological polar surface area (TPSA) is 69.6 Å². The zero-order valence-corrected chi connectivity index (χ0v) is 17.3. The Kier molecular flexibility index (Phi) is 5.15. The number of nitrogens with zero attached hydrogens (tertiary/aromatic N) is 3. The molecular weight excluding hydrogens is 374 g/mol. The molecule has 0 bridgehead atoms. The SMILES string of the molecule is O=C(Cc1ccccc1)N1CCC2(CC1)Nc1cccnc1NC2=NC1CCCC1. The molecule has 2 aliphatic heterocycles. The predicted molar refractivity (Wildman–Crippen MR) is 120 cm³/mol. The normalized spacial score (nSPS) is 21.9. The summed E-state index contributed by atoms with van der Waals surface area (Å²) >= 11 is 0. The summed E-state index contributed by atoms with van der Waals surface area (Å²) in [5.74, 6) is 2.06. The van der Waals surface area contributed by atoms with Crippen molar-refractivity contribution in [1.29, 1.82) is 0 Å². The molecule has 2 N–H and O–H groups in total. The van der Waals surface area contributed by atoms with Crippen LogP contribution in [-0.2, 0) is 11.2 Å². The Balaban J connectivity index is 1.34. The number of aliphatic imine (C=N–C) groups is 1. The summed E-state index contributed by atoms with van der Waals surface area (Å²) < 4.78 is 0. The van der Waals surface area contributed by atoms with Gasteiger partial charge in [-0.25, -0.2) is 4.98 Å². The third kappa shape index (κ3) is 3.78. The number of hydrogen-bond acceptors (Lipinski definition) is 4. The van der Waals surface area contributed by atoms with E-state index in [1.54, 1.807) is 0 Å². The minimum absolute atomic E-state index is 0.205. The molecule has 2 aromatic rings. The monoisotopic (exact) mass is 403 g/mol. The van der Waals surface area contributed by atoms with Crippen LogP contribution < -0.4 is 10.6 Å². The van der Waals surface area contributed by atoms with E-state index >= 15 is 0 Å². The van der Waals surface area contributed by atoms with Crippen molar-refractivity contribution in [1.82, 2.24) is 9.88 Å². The summed E-state index contributed by atoms with van der Waals surface area (Å²) in [4.78, 5) is 24.5. The average Bonchev–Trinajstić information content (AvgIpc) is 3.29. The van der Waals surface area contributed by atoms with Crippen molar-refractivity contribution in [3.63, 3.8) is 0 Å². The maximum atomic E-state index is 12.8. The Morgan fingerprint density at radius 2 is 1.87 bits per heavy atom. The van der Waals surface area contributed by atoms with Crippen LogP contribution in [0.4, 0.5) is 11.5 Å². The lowest BCUT2D eigenvalue weighted by molar-refractivity contribution is -0.131. The highest BCUT2D eigenvalue weighted by atomic mass is 16.2. The minimum atomic E-state index is -0.248. The molecule has 1 aromatic heterocycles. The van der Waals surface area contributed by atoms with Gasteiger partial charge in [-0.3, -0.25) is 9.79 Å². The maximum Gasteiger partial charge on any atom is 0.226 e. The number of hydrogen-bond donors (Lipinski definition) is 2. The third-order valence-corrected chi connectivity index (χ3v) is 6.68. The van der Waals surface area contributed by atoms with Gasteiger partial charge in [-0.05, 0) is 43.4 Å². The number of likely N-dealkylation sites (tertiary alicyclic amines) is 1. The number of fused-ring (bicyclic) bond motifs is 1. The fourth-order valence-corrected chi connectivity index (χ4v) is 4.91. The van der Waals surface area contributed by atoms with E-state index in [0.29, 0.717) is 12.5 Å². The van der Waals surface area contributed by atoms with E-state index in [9.17, 15) is 4.79 Å². The van der Waals surface area contributed by atoms with Crippen LogP contribution in [0, 0.1) is 0 Å². The molecule has 156 valence electrons. The molecule has 1 amide bonds. The molecule has 0 radical (unpaired) electrons. The van der Waals surface area contributed by atoms with Crippen LogP contribution in [0.25, 0.3) is 0 Å². The van der Waals surface area contributed by atoms with Crippen LogP contribution in [0.3, 0.4) is 0 Å². The number of carbonyl (C=O) groups excluding carboxylic acids is 1. The smallest absolute Gasteiger partial charge is 0.226 e. The Labute approximate surface area is 177 Å². The zero-order chi connectivity index (χ0) is 20.4. The first-order valence-electron chi connectivity index (χ1n) is 11.1. The van der Waals surface area contributed by atoms with Crippen molar-refractivity contribution in [3.8, 4) is 0 Å². The number of carbonyl (C=O) groups is 1. The Bertz CT molecular complexity index is 928. The number of amidine groups is 1. The van der Waals surface area contributed by atoms with Crippen molar-refractivity contribution in [2.75, 3.05) is 23.7 Å². The third-order valence-electron chi connectivity index (χ3n) is 6.68. The molecule has 0 atom stereocenters. The van der Waals surface area contributed by atoms with Gasteiger partial charge in [0, 0.05) is 19.3 Å². The Morgan fingerprint density at radius 3 is 2.63 bits per heavy atom. The van der Waals surface area contributed by atoms with Crippen molar-refractivity contribution < 1.29 is 4.79 Å². The summed E-state index contributed by atoms with van der Waals surface area (Å²) in [6, 6.07) is 14.4. The number of aromatic nitrogens is 1. The van der Waals surface area contributed by atoms with Gasteiger partial charge in [-0.1, -0.05) is 43.2 Å². The van der Waals surface area contributed by atoms with Crippen LogP contribution in [0.1, 0.15) is 44.1 Å². The summed E-state index contributed by atoms with van der Waals surface area (Å²) in [5, 5.41) is 7.29. The van der Waals surface area contributed by atoms with Crippen LogP contribution in [0.15, 0.2) is 53.7 Å². The molecule has 1 saturated heterocycles. The van der Waals surface area contributed by atoms with E-state index in [0.717, 1.165) is 61.7 Å². The van der Waals surface area contributed by atoms with Gasteiger partial charge in [0.15, 0.2) is 5.82 Å². The summed E-state index contributed by atoms with van der Waals surface area (Å²) in [6.45, 7) is 1.47. The maximum absolute atomic E-state index is 12.8. The molecule has 1 spiro atoms. The van der Waals surface area contributed by atoms with E-state index in [1.807, 2.05) is 47.5 Å². The molecule has 5 rings (SSSR count). The van der Waals surface area contributed by atoms with Crippen molar-refractivity contribution >= 4 is 23.2 Å². The zero-order valence-electron chi connectivity index (χ0n) is 17.3. The first-order valence-corrected chi connectivity index (χ1v) is 11.1. The average molecular weight is 404 g/mol. The lowest BCUT2D eigenvalue weighted by Crippen LogP contribution is -2.59. The van der Waals surface area contributed by atoms with Crippen molar-refractivity contribution in [2.24, 2.45) is 4.99 Å². The number of rotatable bonds is 3. The van der Waals surface area contributed by atoms with Gasteiger partial charge in [0.1, 0.15) is 5.84 Å². The summed E-state index contributed by atoms with van der Waals surface area (Å²) in [5.41, 5.74) is 1.85. The molecule has 6 nitrogen and oxygen atoms in total. The fraction of sp³-hybridized carbons (Fsp3) is 0.458. The first-order chi connectivity index (χ1) is 14.7. The van der Waals surface area contributed by atoms with E-state index < -0.39 is 0 Å². The Morgan fingerprint density at radius 1 is 1.10 bits per heavy atom. The van der Waals surface area contributed by atoms with E-state index in [-0.39, 0.29) is 11.4 Å². The van der Waals surface area contributed by atoms with Gasteiger partial charge < -0.3 is 15.5 Å². The van der Waals surface area contributed by atoms with Crippen LogP contribution in [0.5, 0.6) is 0 Å². The minimum Gasteiger partial charge on any atom is -0.370 e. The van der Waals surface area contributed by atoms with Gasteiger partial charge >= 0.3 is 0 Å². The van der Waals surface area contributed by atoms with Crippen molar-refractivity contribution in [3.05, 3.63) is 54.2 Å². The van der Waals surface area contributed by atoms with Crippen LogP contribution in [0.2, 0.25) is 0 Å². The van der Waals surface area contributed by atoms with Gasteiger partial charge in [-0.15, -0.1) is 0 Å². The van der Waals surface area contributed by atoms with Gasteiger partial charge in [0.25, 0.3) is 0 Å². The Hall–Kier alpha value is -2.89. The highest BCUT2D eigenvalue weighted by molar-refractivity contribution is 6.08. The largest absolute Gasteiger partial charge is 0.370 e. The number of benzene rings is 1. The number of piperidine rings is 1. The van der Waals surface area contributed by atoms with Crippen molar-refractivity contribution in [2.45, 2.75) is 56.5 Å². The van der Waals surface area contributed by atoms with Crippen LogP contribution in [-0.4, -0.2) is 46.3 Å². The molecule has 2 fully saturated rings. The number of amides is 1. The molecule has 30 heavy (non-hydrogen) atoms. The number of pyridine rings is 1. The molecule has 3 heterocycles. The molecular formula is C24H29N5O. The highest BCUT2D eigenvalue weighted by Gasteiger charge is 2.44. The standard InChI is InChI=1S/C24H29N5O/c30-21(17-18-7-2-1-3-8-18)29-15-12-24(13-16-29)23(26-19-9-4-5-10-19)27-22-20(28-24)11-6-14-25-22/h1-3,6-8,11,14,19,28H,4-5,9-10,12-13,15-17H2,(H,25,26,27). The lowest BCUT2D eigenvalue weighted by Gasteiger charge is -2.46. The quantitative estimate of drug-likeness (QED) is 0.816. The molecule has 3 aliphatic rings.